The number of ether oxygens (including phenoxy) is 1. The number of aryl methyl sites for hydroxylation is 1. The van der Waals surface area contributed by atoms with E-state index in [-0.39, 0.29) is 35.5 Å². The van der Waals surface area contributed by atoms with Crippen molar-refractivity contribution in [3.05, 3.63) is 45.7 Å². The van der Waals surface area contributed by atoms with E-state index in [4.69, 9.17) is 4.74 Å². The number of halogens is 3. The van der Waals surface area contributed by atoms with Crippen LogP contribution in [-0.4, -0.2) is 29.1 Å². The van der Waals surface area contributed by atoms with Crippen LogP contribution in [0.5, 0.6) is 0 Å². The maximum Gasteiger partial charge on any atom is 0.416 e. The first kappa shape index (κ1) is 23.4. The Kier molecular flexibility index (Phi) is 7.28. The number of hydrogen-bond donors (Lipinski definition) is 1. The Hall–Kier alpha value is -2.84. The highest BCUT2D eigenvalue weighted by atomic mass is 19.4. The Morgan fingerprint density at radius 3 is 2.40 bits per heavy atom. The summed E-state index contributed by atoms with van der Waals surface area (Å²) >= 11 is 0. The van der Waals surface area contributed by atoms with E-state index in [0.29, 0.717) is 6.42 Å². The Balaban J connectivity index is 2.53. The molecular formula is C21H25F3N2O4. The van der Waals surface area contributed by atoms with Gasteiger partial charge in [0.25, 0.3) is 5.91 Å². The molecule has 2 rings (SSSR count). The summed E-state index contributed by atoms with van der Waals surface area (Å²) in [5, 5.41) is 2.55. The number of amides is 1. The molecule has 0 bridgehead atoms. The molecule has 1 aromatic heterocycles. The van der Waals surface area contributed by atoms with Crippen molar-refractivity contribution >= 4 is 22.8 Å². The number of nitrogens with zero attached hydrogens (tertiary/aromatic N) is 1. The number of nitrogens with one attached hydrogen (secondary N) is 1. The second-order valence-electron chi connectivity index (χ2n) is 6.98. The lowest BCUT2D eigenvalue weighted by atomic mass is 9.98. The van der Waals surface area contributed by atoms with Crippen molar-refractivity contribution in [2.24, 2.45) is 5.92 Å². The van der Waals surface area contributed by atoms with Crippen LogP contribution >= 0.6 is 0 Å². The summed E-state index contributed by atoms with van der Waals surface area (Å²) < 4.78 is 45.6. The molecule has 0 spiro atoms. The van der Waals surface area contributed by atoms with Crippen molar-refractivity contribution < 1.29 is 27.5 Å². The highest BCUT2D eigenvalue weighted by Crippen LogP contribution is 2.31. The first-order valence-corrected chi connectivity index (χ1v) is 9.76. The molecule has 2 aromatic rings. The molecule has 0 radical (unpaired) electrons. The summed E-state index contributed by atoms with van der Waals surface area (Å²) in [4.78, 5) is 37.9. The van der Waals surface area contributed by atoms with E-state index in [1.165, 1.54) is 10.8 Å². The van der Waals surface area contributed by atoms with Crippen LogP contribution in [-0.2, 0) is 22.3 Å². The van der Waals surface area contributed by atoms with Gasteiger partial charge in [-0.25, -0.2) is 4.79 Å². The number of benzene rings is 1. The summed E-state index contributed by atoms with van der Waals surface area (Å²) in [6.45, 7) is 7.33. The van der Waals surface area contributed by atoms with Crippen LogP contribution in [0.2, 0.25) is 0 Å². The van der Waals surface area contributed by atoms with Crippen LogP contribution in [0, 0.1) is 5.92 Å². The van der Waals surface area contributed by atoms with E-state index in [0.717, 1.165) is 18.2 Å². The highest BCUT2D eigenvalue weighted by Gasteiger charge is 2.32. The lowest BCUT2D eigenvalue weighted by Gasteiger charge is -2.22. The van der Waals surface area contributed by atoms with Crippen molar-refractivity contribution in [1.82, 2.24) is 9.88 Å². The van der Waals surface area contributed by atoms with Gasteiger partial charge >= 0.3 is 12.1 Å². The average molecular weight is 426 g/mol. The predicted molar refractivity (Wildman–Crippen MR) is 106 cm³/mol. The van der Waals surface area contributed by atoms with E-state index in [2.05, 4.69) is 5.32 Å². The van der Waals surface area contributed by atoms with Crippen LogP contribution in [0.25, 0.3) is 10.9 Å². The van der Waals surface area contributed by atoms with E-state index in [1.54, 1.807) is 20.8 Å². The fourth-order valence-corrected chi connectivity index (χ4v) is 3.11. The fraction of sp³-hybridized carbons (Fsp3) is 0.476. The third kappa shape index (κ3) is 4.83. The number of esters is 1. The number of alkyl halides is 3. The molecule has 0 saturated carbocycles. The normalized spacial score (nSPS) is 13.7. The summed E-state index contributed by atoms with van der Waals surface area (Å²) in [6, 6.07) is 1.83. The van der Waals surface area contributed by atoms with Gasteiger partial charge in [-0.2, -0.15) is 13.2 Å². The van der Waals surface area contributed by atoms with Gasteiger partial charge in [0.15, 0.2) is 0 Å². The number of fused-ring (bicyclic) bond motifs is 1. The first-order chi connectivity index (χ1) is 14.0. The molecular weight excluding hydrogens is 401 g/mol. The van der Waals surface area contributed by atoms with Crippen LogP contribution in [0.3, 0.4) is 0 Å². The van der Waals surface area contributed by atoms with Gasteiger partial charge in [-0.3, -0.25) is 9.59 Å². The molecule has 0 saturated heterocycles. The summed E-state index contributed by atoms with van der Waals surface area (Å²) in [5.74, 6) is -1.62. The van der Waals surface area contributed by atoms with Gasteiger partial charge in [0.2, 0.25) is 5.43 Å². The zero-order chi connectivity index (χ0) is 22.6. The first-order valence-electron chi connectivity index (χ1n) is 9.76. The number of carbonyl (C=O) groups excluding carboxylic acids is 2. The minimum Gasteiger partial charge on any atom is -0.464 e. The van der Waals surface area contributed by atoms with Gasteiger partial charge in [-0.1, -0.05) is 20.3 Å². The topological polar surface area (TPSA) is 77.4 Å². The van der Waals surface area contributed by atoms with Gasteiger partial charge in [-0.15, -0.1) is 0 Å². The van der Waals surface area contributed by atoms with Crippen LogP contribution in [0.1, 0.15) is 50.0 Å². The molecule has 1 amide bonds. The molecule has 6 nitrogen and oxygen atoms in total. The number of pyridine rings is 1. The molecule has 0 unspecified atom stereocenters. The van der Waals surface area contributed by atoms with E-state index >= 15 is 0 Å². The molecule has 164 valence electrons. The molecule has 0 aliphatic carbocycles. The van der Waals surface area contributed by atoms with Gasteiger partial charge < -0.3 is 14.6 Å². The molecule has 1 N–H and O–H groups in total. The number of rotatable bonds is 7. The van der Waals surface area contributed by atoms with Crippen molar-refractivity contribution in [1.29, 1.82) is 0 Å². The van der Waals surface area contributed by atoms with Crippen LogP contribution in [0.15, 0.2) is 29.2 Å². The smallest absolute Gasteiger partial charge is 0.416 e. The predicted octanol–water partition coefficient (Wildman–Crippen LogP) is 3.75. The zero-order valence-electron chi connectivity index (χ0n) is 17.3. The average Bonchev–Trinajstić information content (AvgIpc) is 2.70. The Morgan fingerprint density at radius 1 is 1.20 bits per heavy atom. The Morgan fingerprint density at radius 2 is 1.87 bits per heavy atom. The largest absolute Gasteiger partial charge is 0.464 e. The molecule has 1 heterocycles. The lowest BCUT2D eigenvalue weighted by molar-refractivity contribution is -0.146. The third-order valence-electron chi connectivity index (χ3n) is 5.03. The minimum atomic E-state index is -4.55. The maximum absolute atomic E-state index is 13.1. The molecule has 2 atom stereocenters. The zero-order valence-corrected chi connectivity index (χ0v) is 17.3. The third-order valence-corrected chi connectivity index (χ3v) is 5.03. The van der Waals surface area contributed by atoms with Gasteiger partial charge in [0.1, 0.15) is 11.6 Å². The second kappa shape index (κ2) is 9.32. The number of hydrogen-bond acceptors (Lipinski definition) is 4. The SMILES string of the molecule is CCOC(=O)[C@@H](NC(=O)c1cn(CC)c2cc(C(F)(F)F)ccc2c1=O)[C@H](C)CC. The number of carbonyl (C=O) groups is 2. The van der Waals surface area contributed by atoms with Gasteiger partial charge in [0.05, 0.1) is 17.7 Å². The van der Waals surface area contributed by atoms with Gasteiger partial charge in [-0.05, 0) is 38.0 Å². The molecule has 0 aliphatic heterocycles. The number of aromatic nitrogens is 1. The summed E-state index contributed by atoms with van der Waals surface area (Å²) in [7, 11) is 0. The van der Waals surface area contributed by atoms with Crippen molar-refractivity contribution in [3.8, 4) is 0 Å². The van der Waals surface area contributed by atoms with E-state index in [1.807, 2.05) is 6.92 Å². The molecule has 0 fully saturated rings. The molecule has 30 heavy (non-hydrogen) atoms. The fourth-order valence-electron chi connectivity index (χ4n) is 3.11. The Labute approximate surface area is 172 Å². The monoisotopic (exact) mass is 426 g/mol. The molecule has 9 heteroatoms. The van der Waals surface area contributed by atoms with Crippen molar-refractivity contribution in [2.75, 3.05) is 6.61 Å². The molecule has 0 aliphatic rings. The van der Waals surface area contributed by atoms with Crippen LogP contribution in [0.4, 0.5) is 13.2 Å². The second-order valence-corrected chi connectivity index (χ2v) is 6.98. The standard InChI is InChI=1S/C21H25F3N2O4/c1-5-12(4)17(20(29)30-7-3)25-19(28)15-11-26(6-2)16-10-13(21(22,23)24)8-9-14(16)18(15)27/h8-12,17H,5-7H2,1-4H3,(H,25,28)/t12-,17+/m1/s1. The van der Waals surface area contributed by atoms with E-state index in [9.17, 15) is 27.6 Å². The summed E-state index contributed by atoms with van der Waals surface area (Å²) in [6.07, 6.45) is -2.75. The molecule has 1 aromatic carbocycles. The van der Waals surface area contributed by atoms with Crippen LogP contribution < -0.4 is 10.7 Å². The van der Waals surface area contributed by atoms with Crippen molar-refractivity contribution in [3.63, 3.8) is 0 Å². The van der Waals surface area contributed by atoms with Gasteiger partial charge in [0, 0.05) is 18.1 Å². The maximum atomic E-state index is 13.1. The Bertz CT molecular complexity index is 998. The highest BCUT2D eigenvalue weighted by molar-refractivity contribution is 5.99. The van der Waals surface area contributed by atoms with Crippen molar-refractivity contribution in [2.45, 2.75) is 52.9 Å². The van der Waals surface area contributed by atoms with E-state index < -0.39 is 35.1 Å². The quantitative estimate of drug-likeness (QED) is 0.684. The lowest BCUT2D eigenvalue weighted by Crippen LogP contribution is -2.47. The minimum absolute atomic E-state index is 0.00581. The summed E-state index contributed by atoms with van der Waals surface area (Å²) in [5.41, 5.74) is -1.75.